The lowest BCUT2D eigenvalue weighted by Gasteiger charge is -2.13. The predicted octanol–water partition coefficient (Wildman–Crippen LogP) is 3.52. The number of methoxy groups -OCH3 is 1. The van der Waals surface area contributed by atoms with E-state index in [9.17, 15) is 18.0 Å². The largest absolute Gasteiger partial charge is 0.465 e. The van der Waals surface area contributed by atoms with Crippen molar-refractivity contribution in [1.82, 2.24) is 0 Å². The van der Waals surface area contributed by atoms with Gasteiger partial charge in [0.2, 0.25) is 0 Å². The van der Waals surface area contributed by atoms with Crippen LogP contribution in [0.5, 0.6) is 0 Å². The van der Waals surface area contributed by atoms with Crippen LogP contribution >= 0.6 is 11.8 Å². The van der Waals surface area contributed by atoms with E-state index in [0.717, 1.165) is 6.07 Å². The Balaban J connectivity index is 3.40. The number of alkyl halides is 3. The number of nitriles is 1. The monoisotopic (exact) mass is 289 g/mol. The van der Waals surface area contributed by atoms with Crippen LogP contribution in [0, 0.1) is 11.3 Å². The number of carbonyl (C=O) groups is 1. The molecule has 7 heteroatoms. The zero-order valence-electron chi connectivity index (χ0n) is 10.2. The van der Waals surface area contributed by atoms with Gasteiger partial charge in [-0.15, -0.1) is 0 Å². The highest BCUT2D eigenvalue weighted by molar-refractivity contribution is 8.00. The number of nitrogens with zero attached hydrogens (tertiary/aromatic N) is 1. The van der Waals surface area contributed by atoms with E-state index >= 15 is 0 Å². The Morgan fingerprint density at radius 1 is 1.47 bits per heavy atom. The van der Waals surface area contributed by atoms with Crippen LogP contribution in [-0.2, 0) is 11.2 Å². The predicted molar refractivity (Wildman–Crippen MR) is 63.8 cm³/mol. The lowest BCUT2D eigenvalue weighted by atomic mass is 9.99. The van der Waals surface area contributed by atoms with Crippen LogP contribution in [-0.4, -0.2) is 18.6 Å². The van der Waals surface area contributed by atoms with Gasteiger partial charge in [-0.2, -0.15) is 18.4 Å². The van der Waals surface area contributed by atoms with Crippen molar-refractivity contribution in [3.05, 3.63) is 28.8 Å². The van der Waals surface area contributed by atoms with Gasteiger partial charge in [-0.3, -0.25) is 0 Å². The van der Waals surface area contributed by atoms with Crippen molar-refractivity contribution in [2.75, 3.05) is 7.11 Å². The molecule has 0 aromatic heterocycles. The quantitative estimate of drug-likeness (QED) is 0.631. The first kappa shape index (κ1) is 15.4. The molecule has 0 aliphatic heterocycles. The summed E-state index contributed by atoms with van der Waals surface area (Å²) in [6, 6.07) is 4.09. The molecule has 0 saturated carbocycles. The zero-order valence-corrected chi connectivity index (χ0v) is 11.0. The summed E-state index contributed by atoms with van der Waals surface area (Å²) in [5.74, 6) is -0.670. The Morgan fingerprint density at radius 2 is 2.11 bits per heavy atom. The summed E-state index contributed by atoms with van der Waals surface area (Å²) in [7, 11) is 1.17. The Labute approximate surface area is 112 Å². The van der Waals surface area contributed by atoms with Crippen LogP contribution in [0.2, 0.25) is 0 Å². The van der Waals surface area contributed by atoms with E-state index in [1.54, 1.807) is 13.0 Å². The van der Waals surface area contributed by atoms with E-state index in [1.165, 1.54) is 13.2 Å². The van der Waals surface area contributed by atoms with Crippen molar-refractivity contribution in [3.63, 3.8) is 0 Å². The molecule has 0 aliphatic rings. The van der Waals surface area contributed by atoms with Crippen molar-refractivity contribution in [3.8, 4) is 6.07 Å². The van der Waals surface area contributed by atoms with Crippen LogP contribution in [0.1, 0.15) is 28.4 Å². The molecule has 0 atom stereocenters. The maximum Gasteiger partial charge on any atom is 0.446 e. The summed E-state index contributed by atoms with van der Waals surface area (Å²) in [5, 5.41) is 9.02. The molecule has 0 N–H and O–H groups in total. The summed E-state index contributed by atoms with van der Waals surface area (Å²) in [6.45, 7) is 1.66. The average Bonchev–Trinajstić information content (AvgIpc) is 2.35. The summed E-state index contributed by atoms with van der Waals surface area (Å²) in [5.41, 5.74) is -4.23. The third-order valence-corrected chi connectivity index (χ3v) is 3.16. The fourth-order valence-corrected chi connectivity index (χ4v) is 2.28. The number of rotatable bonds is 3. The second kappa shape index (κ2) is 5.97. The third-order valence-electron chi connectivity index (χ3n) is 2.37. The summed E-state index contributed by atoms with van der Waals surface area (Å²) in [4.78, 5) is 11.3. The molecular weight excluding hydrogens is 279 g/mol. The SMILES string of the molecule is CCc1c(C(=O)OC)ccc(SC(F)(F)F)c1C#N. The average molecular weight is 289 g/mol. The van der Waals surface area contributed by atoms with Crippen LogP contribution < -0.4 is 0 Å². The van der Waals surface area contributed by atoms with E-state index in [0.29, 0.717) is 0 Å². The van der Waals surface area contributed by atoms with Crippen LogP contribution in [0.3, 0.4) is 0 Å². The lowest BCUT2D eigenvalue weighted by Crippen LogP contribution is -2.09. The highest BCUT2D eigenvalue weighted by Gasteiger charge is 2.31. The smallest absolute Gasteiger partial charge is 0.446 e. The molecule has 0 spiro atoms. The number of halogens is 3. The molecule has 0 radical (unpaired) electrons. The minimum Gasteiger partial charge on any atom is -0.465 e. The molecule has 0 aliphatic carbocycles. The van der Waals surface area contributed by atoms with Crippen molar-refractivity contribution >= 4 is 17.7 Å². The van der Waals surface area contributed by atoms with E-state index in [2.05, 4.69) is 4.74 Å². The Morgan fingerprint density at radius 3 is 2.53 bits per heavy atom. The van der Waals surface area contributed by atoms with Gasteiger partial charge in [0.05, 0.1) is 18.2 Å². The topological polar surface area (TPSA) is 50.1 Å². The van der Waals surface area contributed by atoms with E-state index < -0.39 is 11.5 Å². The number of esters is 1. The van der Waals surface area contributed by atoms with Gasteiger partial charge in [-0.05, 0) is 35.9 Å². The van der Waals surface area contributed by atoms with Gasteiger partial charge in [0.15, 0.2) is 0 Å². The van der Waals surface area contributed by atoms with Gasteiger partial charge in [-0.1, -0.05) is 6.92 Å². The first-order valence-corrected chi connectivity index (χ1v) is 6.05. The van der Waals surface area contributed by atoms with Crippen molar-refractivity contribution < 1.29 is 22.7 Å². The fourth-order valence-electron chi connectivity index (χ4n) is 1.63. The lowest BCUT2D eigenvalue weighted by molar-refractivity contribution is -0.0328. The number of benzene rings is 1. The minimum absolute atomic E-state index is 0.119. The first-order chi connectivity index (χ1) is 8.84. The molecule has 1 rings (SSSR count). The first-order valence-electron chi connectivity index (χ1n) is 5.24. The van der Waals surface area contributed by atoms with E-state index in [-0.39, 0.29) is 39.8 Å². The number of hydrogen-bond acceptors (Lipinski definition) is 4. The highest BCUT2D eigenvalue weighted by atomic mass is 32.2. The second-order valence-electron chi connectivity index (χ2n) is 3.47. The van der Waals surface area contributed by atoms with Gasteiger partial charge in [0.25, 0.3) is 0 Å². The standard InChI is InChI=1S/C12H10F3NO2S/c1-3-7-8(11(17)18-2)4-5-10(9(7)6-16)19-12(13,14)15/h4-5H,3H2,1-2H3. The Hall–Kier alpha value is -1.68. The van der Waals surface area contributed by atoms with E-state index in [4.69, 9.17) is 5.26 Å². The highest BCUT2D eigenvalue weighted by Crippen LogP contribution is 2.39. The molecule has 0 bridgehead atoms. The number of hydrogen-bond donors (Lipinski definition) is 0. The normalized spacial score (nSPS) is 10.9. The molecule has 19 heavy (non-hydrogen) atoms. The van der Waals surface area contributed by atoms with Crippen molar-refractivity contribution in [2.24, 2.45) is 0 Å². The second-order valence-corrected chi connectivity index (χ2v) is 4.58. The van der Waals surface area contributed by atoms with E-state index in [1.807, 2.05) is 0 Å². The minimum atomic E-state index is -4.48. The molecule has 1 aromatic carbocycles. The molecule has 0 saturated heterocycles. The van der Waals surface area contributed by atoms with Gasteiger partial charge in [0, 0.05) is 4.90 Å². The maximum absolute atomic E-state index is 12.4. The summed E-state index contributed by atoms with van der Waals surface area (Å²) < 4.78 is 41.7. The molecule has 0 amide bonds. The van der Waals surface area contributed by atoms with Gasteiger partial charge in [-0.25, -0.2) is 4.79 Å². The maximum atomic E-state index is 12.4. The van der Waals surface area contributed by atoms with Gasteiger partial charge >= 0.3 is 11.5 Å². The van der Waals surface area contributed by atoms with Crippen molar-refractivity contribution in [1.29, 1.82) is 5.26 Å². The van der Waals surface area contributed by atoms with Gasteiger partial charge in [0.1, 0.15) is 6.07 Å². The molecule has 3 nitrogen and oxygen atoms in total. The van der Waals surface area contributed by atoms with Crippen molar-refractivity contribution in [2.45, 2.75) is 23.7 Å². The molecule has 0 heterocycles. The molecular formula is C12H10F3NO2S. The molecule has 0 fully saturated rings. The molecule has 102 valence electrons. The molecule has 0 unspecified atom stereocenters. The fraction of sp³-hybridized carbons (Fsp3) is 0.333. The summed E-state index contributed by atoms with van der Waals surface area (Å²) >= 11 is -0.365. The van der Waals surface area contributed by atoms with Crippen LogP contribution in [0.15, 0.2) is 17.0 Å². The van der Waals surface area contributed by atoms with Crippen LogP contribution in [0.4, 0.5) is 13.2 Å². The number of thioether (sulfide) groups is 1. The number of carbonyl (C=O) groups excluding carboxylic acids is 1. The number of ether oxygens (including phenoxy) is 1. The Bertz CT molecular complexity index is 535. The van der Waals surface area contributed by atoms with Crippen LogP contribution in [0.25, 0.3) is 0 Å². The third kappa shape index (κ3) is 3.64. The molecule has 1 aromatic rings. The summed E-state index contributed by atoms with van der Waals surface area (Å²) in [6.07, 6.45) is 0.263. The zero-order chi connectivity index (χ0) is 14.6. The Kier molecular flexibility index (Phi) is 4.84. The van der Waals surface area contributed by atoms with Gasteiger partial charge < -0.3 is 4.74 Å².